The molecule has 0 aliphatic carbocycles. The van der Waals surface area contributed by atoms with Crippen LogP contribution in [0, 0.1) is 12.8 Å². The number of methoxy groups -OCH3 is 1. The number of carboxylic acids is 1. The first kappa shape index (κ1) is 20.4. The predicted molar refractivity (Wildman–Crippen MR) is 109 cm³/mol. The van der Waals surface area contributed by atoms with Crippen molar-refractivity contribution in [1.82, 2.24) is 0 Å². The van der Waals surface area contributed by atoms with Crippen LogP contribution in [0.1, 0.15) is 30.4 Å². The zero-order valence-corrected chi connectivity index (χ0v) is 16.6. The number of carboxylic acid groups (broad SMARTS) is 1. The van der Waals surface area contributed by atoms with E-state index in [1.54, 1.807) is 49.3 Å². The summed E-state index contributed by atoms with van der Waals surface area (Å²) in [4.78, 5) is 38.1. The van der Waals surface area contributed by atoms with E-state index in [-0.39, 0.29) is 24.8 Å². The van der Waals surface area contributed by atoms with Crippen molar-refractivity contribution in [3.63, 3.8) is 0 Å². The molecule has 7 nitrogen and oxygen atoms in total. The summed E-state index contributed by atoms with van der Waals surface area (Å²) < 4.78 is 5.36. The molecule has 0 saturated carbocycles. The molecular weight excluding hydrogens is 372 g/mol. The number of benzene rings is 2. The molecule has 2 atom stereocenters. The van der Waals surface area contributed by atoms with E-state index in [1.165, 1.54) is 0 Å². The standard InChI is InChI=1S/C22H24N2O5/c1-13-7-8-19(29-3)18(9-13)24-12-16(11-20(24)25)21(26)23-17-6-4-5-15(10-17)14(2)22(27)28/h4-10,14,16H,11-12H2,1-3H3,(H,23,26)(H,27,28). The van der Waals surface area contributed by atoms with Gasteiger partial charge in [0.15, 0.2) is 0 Å². The normalized spacial score (nSPS) is 17.1. The maximum absolute atomic E-state index is 12.7. The fourth-order valence-electron chi connectivity index (χ4n) is 3.40. The lowest BCUT2D eigenvalue weighted by molar-refractivity contribution is -0.138. The molecule has 1 saturated heterocycles. The molecule has 2 aromatic carbocycles. The number of anilines is 2. The van der Waals surface area contributed by atoms with Crippen LogP contribution in [0.5, 0.6) is 5.75 Å². The Kier molecular flexibility index (Phi) is 5.87. The second-order valence-electron chi connectivity index (χ2n) is 7.26. The summed E-state index contributed by atoms with van der Waals surface area (Å²) in [7, 11) is 1.55. The lowest BCUT2D eigenvalue weighted by atomic mass is 10.0. The summed E-state index contributed by atoms with van der Waals surface area (Å²) >= 11 is 0. The fraction of sp³-hybridized carbons (Fsp3) is 0.318. The van der Waals surface area contributed by atoms with Gasteiger partial charge in [0.05, 0.1) is 24.6 Å². The molecule has 0 radical (unpaired) electrons. The molecule has 29 heavy (non-hydrogen) atoms. The predicted octanol–water partition coefficient (Wildman–Crippen LogP) is 3.18. The van der Waals surface area contributed by atoms with E-state index in [4.69, 9.17) is 9.84 Å². The molecule has 1 aliphatic rings. The van der Waals surface area contributed by atoms with Gasteiger partial charge >= 0.3 is 5.97 Å². The van der Waals surface area contributed by atoms with Crippen LogP contribution >= 0.6 is 0 Å². The summed E-state index contributed by atoms with van der Waals surface area (Å²) in [5, 5.41) is 12.0. The van der Waals surface area contributed by atoms with Gasteiger partial charge in [-0.2, -0.15) is 0 Å². The summed E-state index contributed by atoms with van der Waals surface area (Å²) in [6.07, 6.45) is 0.105. The van der Waals surface area contributed by atoms with E-state index < -0.39 is 17.8 Å². The monoisotopic (exact) mass is 396 g/mol. The third-order valence-electron chi connectivity index (χ3n) is 5.15. The summed E-state index contributed by atoms with van der Waals surface area (Å²) in [6, 6.07) is 12.3. The maximum atomic E-state index is 12.7. The molecule has 0 aromatic heterocycles. The number of amides is 2. The van der Waals surface area contributed by atoms with Gasteiger partial charge in [-0.3, -0.25) is 14.4 Å². The van der Waals surface area contributed by atoms with Crippen LogP contribution in [0.3, 0.4) is 0 Å². The molecule has 1 fully saturated rings. The largest absolute Gasteiger partial charge is 0.495 e. The molecule has 0 spiro atoms. The molecule has 2 N–H and O–H groups in total. The number of hydrogen-bond donors (Lipinski definition) is 2. The topological polar surface area (TPSA) is 95.9 Å². The lowest BCUT2D eigenvalue weighted by Gasteiger charge is -2.20. The quantitative estimate of drug-likeness (QED) is 0.782. The molecular formula is C22H24N2O5. The highest BCUT2D eigenvalue weighted by Gasteiger charge is 2.36. The van der Waals surface area contributed by atoms with E-state index in [2.05, 4.69) is 5.32 Å². The Morgan fingerprint density at radius 1 is 1.24 bits per heavy atom. The van der Waals surface area contributed by atoms with Crippen LogP contribution < -0.4 is 15.0 Å². The van der Waals surface area contributed by atoms with Gasteiger partial charge in [-0.15, -0.1) is 0 Å². The molecule has 152 valence electrons. The number of carbonyl (C=O) groups excluding carboxylic acids is 2. The van der Waals surface area contributed by atoms with Crippen molar-refractivity contribution in [2.24, 2.45) is 5.92 Å². The van der Waals surface area contributed by atoms with Gasteiger partial charge in [-0.1, -0.05) is 18.2 Å². The third-order valence-corrected chi connectivity index (χ3v) is 5.15. The van der Waals surface area contributed by atoms with Crippen molar-refractivity contribution < 1.29 is 24.2 Å². The van der Waals surface area contributed by atoms with E-state index >= 15 is 0 Å². The number of aliphatic carboxylic acids is 1. The zero-order valence-electron chi connectivity index (χ0n) is 16.6. The minimum atomic E-state index is -0.933. The molecule has 3 rings (SSSR count). The Balaban J connectivity index is 1.74. The fourth-order valence-corrected chi connectivity index (χ4v) is 3.40. The summed E-state index contributed by atoms with van der Waals surface area (Å²) in [5.41, 5.74) is 2.76. The molecule has 2 aromatic rings. The Hall–Kier alpha value is -3.35. The number of rotatable bonds is 6. The van der Waals surface area contributed by atoms with Crippen molar-refractivity contribution in [3.05, 3.63) is 53.6 Å². The smallest absolute Gasteiger partial charge is 0.310 e. The van der Waals surface area contributed by atoms with Crippen molar-refractivity contribution in [2.45, 2.75) is 26.2 Å². The minimum Gasteiger partial charge on any atom is -0.495 e. The Morgan fingerprint density at radius 3 is 2.69 bits per heavy atom. The highest BCUT2D eigenvalue weighted by Crippen LogP contribution is 2.34. The number of nitrogens with zero attached hydrogens (tertiary/aromatic N) is 1. The number of carbonyl (C=O) groups is 3. The number of nitrogens with one attached hydrogen (secondary N) is 1. The van der Waals surface area contributed by atoms with Gasteiger partial charge in [0.1, 0.15) is 5.75 Å². The molecule has 0 bridgehead atoms. The first-order valence-corrected chi connectivity index (χ1v) is 9.38. The molecule has 7 heteroatoms. The second kappa shape index (κ2) is 8.34. The van der Waals surface area contributed by atoms with Crippen LogP contribution in [0.25, 0.3) is 0 Å². The summed E-state index contributed by atoms with van der Waals surface area (Å²) in [6.45, 7) is 3.78. The second-order valence-corrected chi connectivity index (χ2v) is 7.26. The SMILES string of the molecule is COc1ccc(C)cc1N1CC(C(=O)Nc2cccc(C(C)C(=O)O)c2)CC1=O. The first-order chi connectivity index (χ1) is 13.8. The van der Waals surface area contributed by atoms with Crippen LogP contribution in [-0.4, -0.2) is 36.5 Å². The van der Waals surface area contributed by atoms with Crippen LogP contribution in [0.2, 0.25) is 0 Å². The average molecular weight is 396 g/mol. The van der Waals surface area contributed by atoms with E-state index in [9.17, 15) is 14.4 Å². The van der Waals surface area contributed by atoms with Gasteiger partial charge in [0.2, 0.25) is 11.8 Å². The van der Waals surface area contributed by atoms with Gasteiger partial charge in [-0.25, -0.2) is 0 Å². The first-order valence-electron chi connectivity index (χ1n) is 9.38. The lowest BCUT2D eigenvalue weighted by Crippen LogP contribution is -2.28. The van der Waals surface area contributed by atoms with Gasteiger partial charge in [0, 0.05) is 18.7 Å². The number of ether oxygens (including phenoxy) is 1. The van der Waals surface area contributed by atoms with Gasteiger partial charge < -0.3 is 20.1 Å². The van der Waals surface area contributed by atoms with Gasteiger partial charge in [-0.05, 0) is 49.2 Å². The van der Waals surface area contributed by atoms with E-state index in [1.807, 2.05) is 19.1 Å². The van der Waals surface area contributed by atoms with Gasteiger partial charge in [0.25, 0.3) is 0 Å². The molecule has 1 heterocycles. The Bertz CT molecular complexity index is 956. The van der Waals surface area contributed by atoms with Crippen molar-refractivity contribution in [3.8, 4) is 5.75 Å². The molecule has 2 unspecified atom stereocenters. The third kappa shape index (κ3) is 4.39. The minimum absolute atomic E-state index is 0.105. The average Bonchev–Trinajstić information content (AvgIpc) is 3.09. The van der Waals surface area contributed by atoms with Crippen LogP contribution in [0.15, 0.2) is 42.5 Å². The Morgan fingerprint density at radius 2 is 2.00 bits per heavy atom. The molecule has 2 amide bonds. The number of hydrogen-bond acceptors (Lipinski definition) is 4. The van der Waals surface area contributed by atoms with E-state index in [0.29, 0.717) is 22.7 Å². The van der Waals surface area contributed by atoms with Crippen LogP contribution in [-0.2, 0) is 14.4 Å². The van der Waals surface area contributed by atoms with Crippen molar-refractivity contribution in [2.75, 3.05) is 23.9 Å². The number of aryl methyl sites for hydroxylation is 1. The van der Waals surface area contributed by atoms with Crippen molar-refractivity contribution >= 4 is 29.2 Å². The molecule has 1 aliphatic heterocycles. The Labute approximate surface area is 169 Å². The van der Waals surface area contributed by atoms with E-state index in [0.717, 1.165) is 5.56 Å². The highest BCUT2D eigenvalue weighted by molar-refractivity contribution is 6.04. The highest BCUT2D eigenvalue weighted by atomic mass is 16.5. The zero-order chi connectivity index (χ0) is 21.1. The summed E-state index contributed by atoms with van der Waals surface area (Å²) in [5.74, 6) is -1.94. The van der Waals surface area contributed by atoms with Crippen molar-refractivity contribution in [1.29, 1.82) is 0 Å². The van der Waals surface area contributed by atoms with Crippen LogP contribution in [0.4, 0.5) is 11.4 Å². The maximum Gasteiger partial charge on any atom is 0.310 e.